The zero-order valence-corrected chi connectivity index (χ0v) is 25.9. The molecule has 1 fully saturated rings. The van der Waals surface area contributed by atoms with Gasteiger partial charge in [0.2, 0.25) is 0 Å². The summed E-state index contributed by atoms with van der Waals surface area (Å²) in [5.74, 6) is 0. The van der Waals surface area contributed by atoms with Gasteiger partial charge < -0.3 is 9.80 Å². The van der Waals surface area contributed by atoms with E-state index >= 15 is 0 Å². The Balaban J connectivity index is 0.000000236. The SMILES string of the molecule is Cc1cc(C)c(N2CCN(c3c(C)cc(C)cc3C)C2)c(C)c1.Cc1cccc(CC[CH]=[Ru]([Cl])[Cl])n1. The topological polar surface area (TPSA) is 19.4 Å². The van der Waals surface area contributed by atoms with E-state index in [9.17, 15) is 0 Å². The number of aromatic nitrogens is 1. The molecule has 2 aromatic carbocycles. The van der Waals surface area contributed by atoms with E-state index < -0.39 is 13.5 Å². The molecule has 0 atom stereocenters. The van der Waals surface area contributed by atoms with Crippen molar-refractivity contribution in [1.82, 2.24) is 4.98 Å². The number of aryl methyl sites for hydroxylation is 8. The molecule has 0 amide bonds. The van der Waals surface area contributed by atoms with E-state index in [-0.39, 0.29) is 0 Å². The Morgan fingerprint density at radius 1 is 0.778 bits per heavy atom. The van der Waals surface area contributed by atoms with Gasteiger partial charge in [0.1, 0.15) is 0 Å². The Hall–Kier alpha value is -1.74. The van der Waals surface area contributed by atoms with Crippen LogP contribution in [0.5, 0.6) is 0 Å². The second kappa shape index (κ2) is 13.2. The molecule has 1 aliphatic heterocycles. The van der Waals surface area contributed by atoms with Crippen molar-refractivity contribution in [3.05, 3.63) is 87.2 Å². The average Bonchev–Trinajstić information content (AvgIpc) is 3.21. The Labute approximate surface area is 231 Å². The van der Waals surface area contributed by atoms with Crippen molar-refractivity contribution in [1.29, 1.82) is 0 Å². The van der Waals surface area contributed by atoms with Crippen molar-refractivity contribution in [2.24, 2.45) is 0 Å². The van der Waals surface area contributed by atoms with Gasteiger partial charge in [-0.25, -0.2) is 0 Å². The molecule has 6 heteroatoms. The molecule has 1 saturated heterocycles. The molecule has 4 rings (SSSR count). The summed E-state index contributed by atoms with van der Waals surface area (Å²) in [4.78, 5) is 9.44. The Kier molecular flexibility index (Phi) is 10.6. The fourth-order valence-electron chi connectivity index (χ4n) is 5.31. The first-order chi connectivity index (χ1) is 17.0. The van der Waals surface area contributed by atoms with Crippen LogP contribution in [0.2, 0.25) is 0 Å². The van der Waals surface area contributed by atoms with Gasteiger partial charge in [-0.2, -0.15) is 0 Å². The quantitative estimate of drug-likeness (QED) is 0.273. The van der Waals surface area contributed by atoms with Gasteiger partial charge in [0, 0.05) is 24.5 Å². The van der Waals surface area contributed by atoms with Gasteiger partial charge in [-0.05, 0) is 63.8 Å². The van der Waals surface area contributed by atoms with Crippen molar-refractivity contribution < 1.29 is 13.5 Å². The van der Waals surface area contributed by atoms with E-state index in [0.717, 1.165) is 44.0 Å². The van der Waals surface area contributed by atoms with Gasteiger partial charge in [-0.15, -0.1) is 0 Å². The number of hydrogen-bond donors (Lipinski definition) is 0. The average molecular weight is 614 g/mol. The van der Waals surface area contributed by atoms with E-state index in [0.29, 0.717) is 0 Å². The Morgan fingerprint density at radius 3 is 1.67 bits per heavy atom. The predicted octanol–water partition coefficient (Wildman–Crippen LogP) is 7.87. The standard InChI is InChI=1S/C21H28N2.C9H11N.2ClH.Ru/c1-14-9-16(3)20(17(4)10-14)22-7-8-23(13-22)21-18(5)11-15(2)12-19(21)6;1-3-5-9-7-4-6-8(2)10-9;;;/h9-12H,7-8,13H2,1-6H3;1,4,6-7H,3,5H2,2H3;2*1H;/q;;;;+2/p-2. The molecule has 0 saturated carbocycles. The third-order valence-corrected chi connectivity index (χ3v) is 8.77. The van der Waals surface area contributed by atoms with Crippen molar-refractivity contribution in [3.63, 3.8) is 0 Å². The number of hydrogen-bond acceptors (Lipinski definition) is 3. The molecule has 0 unspecified atom stereocenters. The fourth-order valence-corrected chi connectivity index (χ4v) is 6.85. The van der Waals surface area contributed by atoms with Crippen LogP contribution in [0.25, 0.3) is 0 Å². The van der Waals surface area contributed by atoms with E-state index in [1.54, 1.807) is 0 Å². The minimum atomic E-state index is -1.57. The summed E-state index contributed by atoms with van der Waals surface area (Å²) in [6, 6.07) is 15.2. The molecule has 0 radical (unpaired) electrons. The summed E-state index contributed by atoms with van der Waals surface area (Å²) >= 11 is -1.57. The number of halogens is 2. The molecule has 36 heavy (non-hydrogen) atoms. The van der Waals surface area contributed by atoms with Crippen LogP contribution in [0, 0.1) is 48.5 Å². The summed E-state index contributed by atoms with van der Waals surface area (Å²) in [6.45, 7) is 18.5. The van der Waals surface area contributed by atoms with Crippen LogP contribution in [-0.4, -0.2) is 29.4 Å². The molecule has 3 aromatic rings. The van der Waals surface area contributed by atoms with E-state index in [1.807, 2.05) is 29.7 Å². The summed E-state index contributed by atoms with van der Waals surface area (Å²) in [6.07, 6.45) is 1.87. The van der Waals surface area contributed by atoms with Gasteiger partial charge in [-0.1, -0.05) is 35.4 Å². The predicted molar refractivity (Wildman–Crippen MR) is 156 cm³/mol. The second-order valence-corrected chi connectivity index (χ2v) is 15.8. The third kappa shape index (κ3) is 7.88. The first-order valence-electron chi connectivity index (χ1n) is 12.4. The summed E-state index contributed by atoms with van der Waals surface area (Å²) in [5, 5.41) is 0. The molecule has 1 aromatic heterocycles. The first-order valence-corrected chi connectivity index (χ1v) is 17.9. The second-order valence-electron chi connectivity index (χ2n) is 9.82. The first kappa shape index (κ1) is 28.8. The fraction of sp³-hybridized carbons (Fsp3) is 0.400. The van der Waals surface area contributed by atoms with Crippen molar-refractivity contribution in [2.45, 2.75) is 61.3 Å². The molecule has 0 N–H and O–H groups in total. The molecule has 0 spiro atoms. The zero-order valence-electron chi connectivity index (χ0n) is 22.6. The molecule has 0 bridgehead atoms. The molecule has 0 aliphatic carbocycles. The third-order valence-electron chi connectivity index (χ3n) is 6.44. The normalized spacial score (nSPS) is 13.4. The van der Waals surface area contributed by atoms with Gasteiger partial charge >= 0.3 is 91.8 Å². The van der Waals surface area contributed by atoms with Crippen molar-refractivity contribution >= 4 is 35.4 Å². The summed E-state index contributed by atoms with van der Waals surface area (Å²) < 4.78 is 2.01. The van der Waals surface area contributed by atoms with Crippen LogP contribution in [-0.2, 0) is 19.9 Å². The van der Waals surface area contributed by atoms with Crippen LogP contribution < -0.4 is 9.80 Å². The van der Waals surface area contributed by atoms with Gasteiger partial charge in [0.05, 0.1) is 6.67 Å². The monoisotopic (exact) mass is 613 g/mol. The van der Waals surface area contributed by atoms with Crippen LogP contribution in [0.4, 0.5) is 11.4 Å². The number of rotatable bonds is 5. The van der Waals surface area contributed by atoms with Crippen LogP contribution in [0.15, 0.2) is 42.5 Å². The number of benzene rings is 2. The van der Waals surface area contributed by atoms with Crippen LogP contribution >= 0.6 is 19.4 Å². The van der Waals surface area contributed by atoms with Crippen LogP contribution in [0.1, 0.15) is 51.2 Å². The van der Waals surface area contributed by atoms with Gasteiger partial charge in [0.25, 0.3) is 0 Å². The van der Waals surface area contributed by atoms with E-state index in [2.05, 4.69) is 80.6 Å². The molecule has 1 aliphatic rings. The van der Waals surface area contributed by atoms with Crippen molar-refractivity contribution in [2.75, 3.05) is 29.6 Å². The van der Waals surface area contributed by atoms with Gasteiger partial charge in [-0.3, -0.25) is 0 Å². The maximum absolute atomic E-state index is 5.71. The molecule has 3 nitrogen and oxygen atoms in total. The maximum atomic E-state index is 5.71. The van der Waals surface area contributed by atoms with Crippen molar-refractivity contribution in [3.8, 4) is 0 Å². The summed E-state index contributed by atoms with van der Waals surface area (Å²) in [5.41, 5.74) is 13.3. The minimum absolute atomic E-state index is 0.933. The van der Waals surface area contributed by atoms with E-state index in [1.165, 1.54) is 44.8 Å². The molecule has 2 heterocycles. The zero-order chi connectivity index (χ0) is 26.4. The molecule has 196 valence electrons. The summed E-state index contributed by atoms with van der Waals surface area (Å²) in [7, 11) is 11.4. The van der Waals surface area contributed by atoms with Gasteiger partial charge in [0.15, 0.2) is 0 Å². The Morgan fingerprint density at radius 2 is 1.25 bits per heavy atom. The number of pyridine rings is 1. The number of anilines is 2. The van der Waals surface area contributed by atoms with Crippen LogP contribution in [0.3, 0.4) is 0 Å². The number of nitrogens with zero attached hydrogens (tertiary/aromatic N) is 3. The Bertz CT molecular complexity index is 1130. The van der Waals surface area contributed by atoms with E-state index in [4.69, 9.17) is 19.4 Å². The molecular weight excluding hydrogens is 574 g/mol. The molecular formula is C30H39Cl2N3Ru.